The zero-order valence-electron chi connectivity index (χ0n) is 10.3. The van der Waals surface area contributed by atoms with Crippen molar-refractivity contribution in [3.63, 3.8) is 0 Å². The Morgan fingerprint density at radius 3 is 2.65 bits per heavy atom. The largest absolute Gasteiger partial charge is 0.392 e. The standard InChI is InChI=1S/C14H21NO2/c1-15-10-13(16)8-7-12(15)9-14(17)11-5-3-2-4-6-11/h2-6,12-14,16-17H,7-10H2,1H3/t12-,13+,14+/m1/s1. The first-order valence-electron chi connectivity index (χ1n) is 6.28. The molecule has 1 aromatic rings. The van der Waals surface area contributed by atoms with Crippen LogP contribution in [0.5, 0.6) is 0 Å². The molecule has 2 rings (SSSR count). The molecule has 3 atom stereocenters. The van der Waals surface area contributed by atoms with Crippen molar-refractivity contribution < 1.29 is 10.2 Å². The maximum absolute atomic E-state index is 10.2. The van der Waals surface area contributed by atoms with Gasteiger partial charge in [0.05, 0.1) is 12.2 Å². The molecule has 0 amide bonds. The summed E-state index contributed by atoms with van der Waals surface area (Å²) in [5.41, 5.74) is 0.979. The molecular weight excluding hydrogens is 214 g/mol. The fourth-order valence-corrected chi connectivity index (χ4v) is 2.54. The van der Waals surface area contributed by atoms with Crippen LogP contribution in [0.15, 0.2) is 30.3 Å². The lowest BCUT2D eigenvalue weighted by molar-refractivity contribution is 0.0280. The van der Waals surface area contributed by atoms with E-state index in [2.05, 4.69) is 4.90 Å². The van der Waals surface area contributed by atoms with E-state index in [4.69, 9.17) is 0 Å². The average Bonchev–Trinajstić information content (AvgIpc) is 2.34. The summed E-state index contributed by atoms with van der Waals surface area (Å²) in [6.07, 6.45) is 1.94. The molecule has 0 saturated carbocycles. The number of likely N-dealkylation sites (N-methyl/N-ethyl adjacent to an activating group) is 1. The van der Waals surface area contributed by atoms with E-state index in [1.165, 1.54) is 0 Å². The highest BCUT2D eigenvalue weighted by Gasteiger charge is 2.26. The van der Waals surface area contributed by atoms with Gasteiger partial charge in [0, 0.05) is 12.6 Å². The van der Waals surface area contributed by atoms with E-state index in [1.807, 2.05) is 37.4 Å². The quantitative estimate of drug-likeness (QED) is 0.835. The van der Waals surface area contributed by atoms with Crippen molar-refractivity contribution >= 4 is 0 Å². The van der Waals surface area contributed by atoms with Crippen molar-refractivity contribution in [2.24, 2.45) is 0 Å². The van der Waals surface area contributed by atoms with E-state index < -0.39 is 6.10 Å². The van der Waals surface area contributed by atoms with Crippen LogP contribution in [0.4, 0.5) is 0 Å². The Bertz CT molecular complexity index is 341. The second-order valence-electron chi connectivity index (χ2n) is 4.99. The third-order valence-electron chi connectivity index (χ3n) is 3.63. The van der Waals surface area contributed by atoms with Gasteiger partial charge in [0.1, 0.15) is 0 Å². The lowest BCUT2D eigenvalue weighted by atomic mass is 9.93. The second-order valence-corrected chi connectivity index (χ2v) is 4.99. The Balaban J connectivity index is 1.93. The van der Waals surface area contributed by atoms with Crippen LogP contribution in [-0.2, 0) is 0 Å². The van der Waals surface area contributed by atoms with E-state index in [-0.39, 0.29) is 6.10 Å². The van der Waals surface area contributed by atoms with Crippen LogP contribution >= 0.6 is 0 Å². The molecule has 17 heavy (non-hydrogen) atoms. The molecule has 0 unspecified atom stereocenters. The summed E-state index contributed by atoms with van der Waals surface area (Å²) in [6.45, 7) is 0.714. The molecule has 0 aromatic heterocycles. The lowest BCUT2D eigenvalue weighted by Gasteiger charge is -2.36. The number of aliphatic hydroxyl groups is 2. The summed E-state index contributed by atoms with van der Waals surface area (Å²) in [7, 11) is 2.02. The van der Waals surface area contributed by atoms with Crippen LogP contribution in [-0.4, -0.2) is 40.9 Å². The van der Waals surface area contributed by atoms with Gasteiger partial charge in [-0.2, -0.15) is 0 Å². The summed E-state index contributed by atoms with van der Waals surface area (Å²) >= 11 is 0. The topological polar surface area (TPSA) is 43.7 Å². The minimum absolute atomic E-state index is 0.204. The summed E-state index contributed by atoms with van der Waals surface area (Å²) in [6, 6.07) is 10.2. The molecule has 94 valence electrons. The zero-order valence-corrected chi connectivity index (χ0v) is 10.3. The molecule has 0 radical (unpaired) electrons. The second kappa shape index (κ2) is 5.63. The Hall–Kier alpha value is -0.900. The Kier molecular flexibility index (Phi) is 4.15. The highest BCUT2D eigenvalue weighted by molar-refractivity contribution is 5.17. The van der Waals surface area contributed by atoms with Crippen molar-refractivity contribution in [2.45, 2.75) is 37.5 Å². The van der Waals surface area contributed by atoms with E-state index in [0.29, 0.717) is 12.6 Å². The third kappa shape index (κ3) is 3.28. The van der Waals surface area contributed by atoms with Gasteiger partial charge in [-0.15, -0.1) is 0 Å². The number of piperidine rings is 1. The smallest absolute Gasteiger partial charge is 0.0805 e. The van der Waals surface area contributed by atoms with Crippen molar-refractivity contribution in [1.82, 2.24) is 4.90 Å². The van der Waals surface area contributed by atoms with E-state index in [9.17, 15) is 10.2 Å². The first-order chi connectivity index (χ1) is 8.16. The van der Waals surface area contributed by atoms with E-state index >= 15 is 0 Å². The minimum Gasteiger partial charge on any atom is -0.392 e. The summed E-state index contributed by atoms with van der Waals surface area (Å²) in [4.78, 5) is 2.15. The fraction of sp³-hybridized carbons (Fsp3) is 0.571. The highest BCUT2D eigenvalue weighted by atomic mass is 16.3. The third-order valence-corrected chi connectivity index (χ3v) is 3.63. The summed E-state index contributed by atoms with van der Waals surface area (Å²) in [5.74, 6) is 0. The normalized spacial score (nSPS) is 27.9. The van der Waals surface area contributed by atoms with Crippen molar-refractivity contribution in [3.05, 3.63) is 35.9 Å². The van der Waals surface area contributed by atoms with Crippen molar-refractivity contribution in [2.75, 3.05) is 13.6 Å². The van der Waals surface area contributed by atoms with Gasteiger partial charge in [-0.25, -0.2) is 0 Å². The van der Waals surface area contributed by atoms with Crippen LogP contribution in [0.2, 0.25) is 0 Å². The molecule has 0 bridgehead atoms. The average molecular weight is 235 g/mol. The van der Waals surface area contributed by atoms with Gasteiger partial charge in [0.25, 0.3) is 0 Å². The number of likely N-dealkylation sites (tertiary alicyclic amines) is 1. The number of hydrogen-bond donors (Lipinski definition) is 2. The minimum atomic E-state index is -0.404. The number of rotatable bonds is 3. The predicted octanol–water partition coefficient (Wildman–Crippen LogP) is 1.57. The molecule has 1 heterocycles. The number of nitrogens with zero attached hydrogens (tertiary/aromatic N) is 1. The maximum Gasteiger partial charge on any atom is 0.0805 e. The molecule has 1 saturated heterocycles. The van der Waals surface area contributed by atoms with Crippen LogP contribution in [0.25, 0.3) is 0 Å². The Labute approximate surface area is 103 Å². The van der Waals surface area contributed by atoms with Gasteiger partial charge in [-0.3, -0.25) is 0 Å². The number of aliphatic hydroxyl groups excluding tert-OH is 2. The summed E-state index contributed by atoms with van der Waals surface area (Å²) in [5, 5.41) is 19.7. The van der Waals surface area contributed by atoms with Gasteiger partial charge in [0.2, 0.25) is 0 Å². The SMILES string of the molecule is CN1C[C@@H](O)CC[C@@H]1C[C@H](O)c1ccccc1. The molecule has 1 aliphatic heterocycles. The number of β-amino-alcohol motifs (C(OH)–C–C–N with tert-alkyl or cyclic N) is 1. The lowest BCUT2D eigenvalue weighted by Crippen LogP contribution is -2.43. The molecule has 0 aliphatic carbocycles. The monoisotopic (exact) mass is 235 g/mol. The molecule has 3 heteroatoms. The van der Waals surface area contributed by atoms with Gasteiger partial charge in [-0.1, -0.05) is 30.3 Å². The molecule has 1 fully saturated rings. The summed E-state index contributed by atoms with van der Waals surface area (Å²) < 4.78 is 0. The predicted molar refractivity (Wildman–Crippen MR) is 67.7 cm³/mol. The highest BCUT2D eigenvalue weighted by Crippen LogP contribution is 2.25. The first-order valence-corrected chi connectivity index (χ1v) is 6.28. The molecule has 1 aromatic carbocycles. The number of hydrogen-bond acceptors (Lipinski definition) is 3. The van der Waals surface area contributed by atoms with E-state index in [1.54, 1.807) is 0 Å². The zero-order chi connectivity index (χ0) is 12.3. The van der Waals surface area contributed by atoms with Gasteiger partial charge in [0.15, 0.2) is 0 Å². The molecule has 2 N–H and O–H groups in total. The maximum atomic E-state index is 10.2. The molecule has 0 spiro atoms. The van der Waals surface area contributed by atoms with E-state index in [0.717, 1.165) is 24.8 Å². The van der Waals surface area contributed by atoms with Gasteiger partial charge >= 0.3 is 0 Å². The van der Waals surface area contributed by atoms with Crippen LogP contribution in [0, 0.1) is 0 Å². The fourth-order valence-electron chi connectivity index (χ4n) is 2.54. The van der Waals surface area contributed by atoms with Crippen molar-refractivity contribution in [3.8, 4) is 0 Å². The Morgan fingerprint density at radius 1 is 1.29 bits per heavy atom. The molecule has 3 nitrogen and oxygen atoms in total. The van der Waals surface area contributed by atoms with Gasteiger partial charge in [-0.05, 0) is 31.9 Å². The van der Waals surface area contributed by atoms with Gasteiger partial charge < -0.3 is 15.1 Å². The number of benzene rings is 1. The molecule has 1 aliphatic rings. The Morgan fingerprint density at radius 2 is 2.00 bits per heavy atom. The van der Waals surface area contributed by atoms with Crippen LogP contribution in [0.1, 0.15) is 30.9 Å². The van der Waals surface area contributed by atoms with Crippen LogP contribution in [0.3, 0.4) is 0 Å². The van der Waals surface area contributed by atoms with Crippen LogP contribution < -0.4 is 0 Å². The van der Waals surface area contributed by atoms with Crippen molar-refractivity contribution in [1.29, 1.82) is 0 Å². The molecular formula is C14H21NO2. The first kappa shape index (κ1) is 12.6.